The third-order valence-electron chi connectivity index (χ3n) is 2.07. The van der Waals surface area contributed by atoms with Crippen LogP contribution in [0.15, 0.2) is 29.2 Å². The minimum Gasteiger partial charge on any atom is -0.494 e. The van der Waals surface area contributed by atoms with Gasteiger partial charge in [-0.3, -0.25) is 0 Å². The smallest absolute Gasteiger partial charge is 0.446 e. The molecular formula is C12H15F3OS. The Hall–Kier alpha value is -0.840. The number of rotatable bonds is 6. The fourth-order valence-electron chi connectivity index (χ4n) is 1.28. The second-order valence-corrected chi connectivity index (χ2v) is 4.71. The number of hydrogen-bond donors (Lipinski definition) is 0. The molecule has 0 amide bonds. The van der Waals surface area contributed by atoms with Gasteiger partial charge in [-0.1, -0.05) is 19.8 Å². The predicted octanol–water partition coefficient (Wildman–Crippen LogP) is 4.87. The Morgan fingerprint density at radius 2 is 1.76 bits per heavy atom. The molecule has 1 rings (SSSR count). The summed E-state index contributed by atoms with van der Waals surface area (Å²) in [4.78, 5) is 0.179. The molecule has 1 aromatic carbocycles. The van der Waals surface area contributed by atoms with Crippen molar-refractivity contribution in [3.05, 3.63) is 24.3 Å². The Morgan fingerprint density at radius 3 is 2.29 bits per heavy atom. The summed E-state index contributed by atoms with van der Waals surface area (Å²) >= 11 is -0.114. The zero-order chi connectivity index (χ0) is 12.7. The van der Waals surface area contributed by atoms with Crippen molar-refractivity contribution in [1.29, 1.82) is 0 Å². The van der Waals surface area contributed by atoms with Gasteiger partial charge in [0.15, 0.2) is 0 Å². The van der Waals surface area contributed by atoms with Crippen molar-refractivity contribution in [2.45, 2.75) is 36.6 Å². The quantitative estimate of drug-likeness (QED) is 0.535. The average molecular weight is 264 g/mol. The molecule has 17 heavy (non-hydrogen) atoms. The summed E-state index contributed by atoms with van der Waals surface area (Å²) in [5.74, 6) is 0.618. The molecular weight excluding hydrogens is 249 g/mol. The summed E-state index contributed by atoms with van der Waals surface area (Å²) < 4.78 is 41.6. The summed E-state index contributed by atoms with van der Waals surface area (Å²) in [5.41, 5.74) is -4.23. The second kappa shape index (κ2) is 6.79. The fourth-order valence-corrected chi connectivity index (χ4v) is 1.82. The molecule has 0 aliphatic rings. The zero-order valence-electron chi connectivity index (χ0n) is 9.59. The molecule has 0 aromatic heterocycles. The van der Waals surface area contributed by atoms with Gasteiger partial charge in [0.1, 0.15) is 5.75 Å². The Bertz CT molecular complexity index is 322. The molecule has 0 saturated carbocycles. The third kappa shape index (κ3) is 6.46. The molecule has 0 heterocycles. The van der Waals surface area contributed by atoms with Gasteiger partial charge < -0.3 is 4.74 Å². The summed E-state index contributed by atoms with van der Waals surface area (Å²) in [5, 5.41) is 0. The van der Waals surface area contributed by atoms with E-state index < -0.39 is 5.51 Å². The number of alkyl halides is 3. The van der Waals surface area contributed by atoms with Crippen LogP contribution in [-0.4, -0.2) is 12.1 Å². The Labute approximate surface area is 103 Å². The van der Waals surface area contributed by atoms with Crippen molar-refractivity contribution < 1.29 is 17.9 Å². The van der Waals surface area contributed by atoms with Crippen LogP contribution >= 0.6 is 11.8 Å². The van der Waals surface area contributed by atoms with Gasteiger partial charge in [0.2, 0.25) is 0 Å². The van der Waals surface area contributed by atoms with Gasteiger partial charge in [-0.2, -0.15) is 13.2 Å². The van der Waals surface area contributed by atoms with Crippen molar-refractivity contribution in [2.24, 2.45) is 0 Å². The van der Waals surface area contributed by atoms with E-state index in [9.17, 15) is 13.2 Å². The highest BCUT2D eigenvalue weighted by molar-refractivity contribution is 8.00. The maximum absolute atomic E-state index is 12.1. The summed E-state index contributed by atoms with van der Waals surface area (Å²) in [6.45, 7) is 2.71. The summed E-state index contributed by atoms with van der Waals surface area (Å²) in [6.07, 6.45) is 3.18. The van der Waals surface area contributed by atoms with E-state index in [4.69, 9.17) is 4.74 Å². The van der Waals surface area contributed by atoms with Crippen LogP contribution < -0.4 is 4.74 Å². The van der Waals surface area contributed by atoms with Gasteiger partial charge in [-0.05, 0) is 42.4 Å². The molecule has 1 aromatic rings. The van der Waals surface area contributed by atoms with E-state index in [1.54, 1.807) is 12.1 Å². The monoisotopic (exact) mass is 264 g/mol. The normalized spacial score (nSPS) is 11.5. The molecule has 0 spiro atoms. The summed E-state index contributed by atoms with van der Waals surface area (Å²) in [7, 11) is 0. The molecule has 1 nitrogen and oxygen atoms in total. The number of thioether (sulfide) groups is 1. The number of unbranched alkanes of at least 4 members (excludes halogenated alkanes) is 2. The van der Waals surface area contributed by atoms with E-state index in [2.05, 4.69) is 6.92 Å². The largest absolute Gasteiger partial charge is 0.494 e. The summed E-state index contributed by atoms with van der Waals surface area (Å²) in [6, 6.07) is 5.99. The first-order valence-corrected chi connectivity index (χ1v) is 6.31. The predicted molar refractivity (Wildman–Crippen MR) is 63.4 cm³/mol. The highest BCUT2D eigenvalue weighted by atomic mass is 32.2. The zero-order valence-corrected chi connectivity index (χ0v) is 10.4. The molecule has 0 aliphatic carbocycles. The number of halogens is 3. The van der Waals surface area contributed by atoms with E-state index in [0.29, 0.717) is 12.4 Å². The van der Waals surface area contributed by atoms with Gasteiger partial charge in [-0.15, -0.1) is 0 Å². The minimum atomic E-state index is -4.23. The SMILES string of the molecule is CCCCCOc1ccc(SC(F)(F)F)cc1. The molecule has 0 unspecified atom stereocenters. The minimum absolute atomic E-state index is 0.114. The van der Waals surface area contributed by atoms with Crippen LogP contribution in [0, 0.1) is 0 Å². The first-order valence-electron chi connectivity index (χ1n) is 5.50. The maximum atomic E-state index is 12.1. The van der Waals surface area contributed by atoms with Crippen LogP contribution in [0.5, 0.6) is 5.75 Å². The highest BCUT2D eigenvalue weighted by Gasteiger charge is 2.28. The lowest BCUT2D eigenvalue weighted by molar-refractivity contribution is -0.0328. The average Bonchev–Trinajstić information content (AvgIpc) is 2.25. The van der Waals surface area contributed by atoms with Crippen molar-refractivity contribution >= 4 is 11.8 Å². The third-order valence-corrected chi connectivity index (χ3v) is 2.81. The number of benzene rings is 1. The van der Waals surface area contributed by atoms with Gasteiger partial charge in [0.25, 0.3) is 0 Å². The van der Waals surface area contributed by atoms with Crippen LogP contribution in [0.1, 0.15) is 26.2 Å². The van der Waals surface area contributed by atoms with Crippen LogP contribution in [0.3, 0.4) is 0 Å². The molecule has 0 bridgehead atoms. The Balaban J connectivity index is 2.39. The first-order chi connectivity index (χ1) is 8.01. The molecule has 0 fully saturated rings. The van der Waals surface area contributed by atoms with Gasteiger partial charge >= 0.3 is 5.51 Å². The maximum Gasteiger partial charge on any atom is 0.446 e. The second-order valence-electron chi connectivity index (χ2n) is 3.57. The van der Waals surface area contributed by atoms with Crippen LogP contribution in [0.2, 0.25) is 0 Å². The fraction of sp³-hybridized carbons (Fsp3) is 0.500. The van der Waals surface area contributed by atoms with Gasteiger partial charge in [0.05, 0.1) is 6.61 Å². The number of ether oxygens (including phenoxy) is 1. The van der Waals surface area contributed by atoms with Crippen molar-refractivity contribution in [3.63, 3.8) is 0 Å². The van der Waals surface area contributed by atoms with E-state index in [0.717, 1.165) is 19.3 Å². The van der Waals surface area contributed by atoms with Crippen molar-refractivity contribution in [3.8, 4) is 5.75 Å². The van der Waals surface area contributed by atoms with E-state index in [1.165, 1.54) is 12.1 Å². The van der Waals surface area contributed by atoms with Gasteiger partial charge in [-0.25, -0.2) is 0 Å². The first kappa shape index (κ1) is 14.2. The van der Waals surface area contributed by atoms with Crippen LogP contribution in [0.25, 0.3) is 0 Å². The molecule has 0 N–H and O–H groups in total. The molecule has 5 heteroatoms. The van der Waals surface area contributed by atoms with Gasteiger partial charge in [0, 0.05) is 4.90 Å². The Morgan fingerprint density at radius 1 is 1.12 bits per heavy atom. The van der Waals surface area contributed by atoms with Crippen molar-refractivity contribution in [2.75, 3.05) is 6.61 Å². The van der Waals surface area contributed by atoms with E-state index >= 15 is 0 Å². The topological polar surface area (TPSA) is 9.23 Å². The number of hydrogen-bond acceptors (Lipinski definition) is 2. The molecule has 0 atom stereocenters. The lowest BCUT2D eigenvalue weighted by Crippen LogP contribution is -1.99. The molecule has 96 valence electrons. The lowest BCUT2D eigenvalue weighted by Gasteiger charge is -2.08. The highest BCUT2D eigenvalue weighted by Crippen LogP contribution is 2.37. The van der Waals surface area contributed by atoms with Crippen LogP contribution in [-0.2, 0) is 0 Å². The molecule has 0 radical (unpaired) electrons. The Kier molecular flexibility index (Phi) is 5.68. The standard InChI is InChI=1S/C12H15F3OS/c1-2-3-4-9-16-10-5-7-11(8-6-10)17-12(13,14)15/h5-8H,2-4,9H2,1H3. The molecule has 0 saturated heterocycles. The van der Waals surface area contributed by atoms with E-state index in [-0.39, 0.29) is 16.7 Å². The van der Waals surface area contributed by atoms with Crippen molar-refractivity contribution in [1.82, 2.24) is 0 Å². The lowest BCUT2D eigenvalue weighted by atomic mass is 10.3. The molecule has 0 aliphatic heterocycles. The van der Waals surface area contributed by atoms with E-state index in [1.807, 2.05) is 0 Å². The van der Waals surface area contributed by atoms with Crippen LogP contribution in [0.4, 0.5) is 13.2 Å².